The van der Waals surface area contributed by atoms with E-state index in [0.29, 0.717) is 29.2 Å². The maximum atomic E-state index is 12.7. The van der Waals surface area contributed by atoms with Crippen LogP contribution in [0.15, 0.2) is 0 Å². The van der Waals surface area contributed by atoms with Gasteiger partial charge in [-0.3, -0.25) is 14.6 Å². The quantitative estimate of drug-likeness (QED) is 0.727. The van der Waals surface area contributed by atoms with E-state index in [1.54, 1.807) is 20.8 Å². The van der Waals surface area contributed by atoms with Crippen molar-refractivity contribution in [2.75, 3.05) is 6.54 Å². The first-order valence-electron chi connectivity index (χ1n) is 8.35. The zero-order valence-electron chi connectivity index (χ0n) is 15.2. The number of fused-ring (bicyclic) bond motifs is 1. The fourth-order valence-electron chi connectivity index (χ4n) is 3.41. The van der Waals surface area contributed by atoms with Gasteiger partial charge in [-0.15, -0.1) is 12.4 Å². The van der Waals surface area contributed by atoms with Crippen molar-refractivity contribution in [2.24, 2.45) is 0 Å². The molecule has 0 spiro atoms. The zero-order valence-corrected chi connectivity index (χ0v) is 16.0. The monoisotopic (exact) mass is 406 g/mol. The molecular weight excluding hydrogens is 385 g/mol. The van der Waals surface area contributed by atoms with Crippen molar-refractivity contribution in [3.05, 3.63) is 33.9 Å². The number of alkyl halides is 3. The third-order valence-corrected chi connectivity index (χ3v) is 4.57. The number of nitrogens with one attached hydrogen (secondary N) is 3. The smallest absolute Gasteiger partial charge is 0.344 e. The largest absolute Gasteiger partial charge is 0.408 e. The number of carbonyl (C=O) groups excluding carboxylic acids is 1. The molecule has 1 atom stereocenters. The molecule has 3 heterocycles. The first kappa shape index (κ1) is 21.2. The van der Waals surface area contributed by atoms with E-state index in [9.17, 15) is 18.0 Å². The van der Waals surface area contributed by atoms with Crippen molar-refractivity contribution in [1.29, 1.82) is 0 Å². The lowest BCUT2D eigenvalue weighted by atomic mass is 10.0. The van der Waals surface area contributed by atoms with E-state index < -0.39 is 18.8 Å². The van der Waals surface area contributed by atoms with E-state index in [-0.39, 0.29) is 18.3 Å². The van der Waals surface area contributed by atoms with Crippen molar-refractivity contribution in [3.8, 4) is 0 Å². The van der Waals surface area contributed by atoms with E-state index >= 15 is 0 Å². The van der Waals surface area contributed by atoms with Gasteiger partial charge in [-0.1, -0.05) is 0 Å². The van der Waals surface area contributed by atoms with Crippen molar-refractivity contribution in [2.45, 2.75) is 52.5 Å². The van der Waals surface area contributed by atoms with Crippen LogP contribution in [0.3, 0.4) is 0 Å². The van der Waals surface area contributed by atoms with Crippen LogP contribution in [0.2, 0.25) is 0 Å². The molecule has 1 aliphatic heterocycles. The lowest BCUT2D eigenvalue weighted by Gasteiger charge is -2.16. The second kappa shape index (κ2) is 7.89. The lowest BCUT2D eigenvalue weighted by molar-refractivity contribution is -0.143. The number of H-pyrrole nitrogens is 1. The SMILES string of the molecule is Cc1nn(CC(F)(F)F)c(C)c1C(C)NC(=O)c1n[nH]c2c1CNCC2.Cl. The number of aryl methyl sites for hydroxylation is 1. The van der Waals surface area contributed by atoms with Crippen LogP contribution in [0, 0.1) is 13.8 Å². The summed E-state index contributed by atoms with van der Waals surface area (Å²) in [7, 11) is 0. The predicted octanol–water partition coefficient (Wildman–Crippen LogP) is 2.34. The van der Waals surface area contributed by atoms with Gasteiger partial charge >= 0.3 is 6.18 Å². The Hall–Kier alpha value is -2.07. The number of amides is 1. The highest BCUT2D eigenvalue weighted by Crippen LogP contribution is 2.25. The number of aromatic nitrogens is 4. The molecule has 0 fully saturated rings. The van der Waals surface area contributed by atoms with E-state index in [2.05, 4.69) is 25.9 Å². The summed E-state index contributed by atoms with van der Waals surface area (Å²) < 4.78 is 38.9. The van der Waals surface area contributed by atoms with Gasteiger partial charge in [0.1, 0.15) is 6.54 Å². The fraction of sp³-hybridized carbons (Fsp3) is 0.562. The molecule has 3 N–H and O–H groups in total. The molecule has 0 saturated heterocycles. The highest BCUT2D eigenvalue weighted by Gasteiger charge is 2.31. The Bertz CT molecular complexity index is 829. The maximum Gasteiger partial charge on any atom is 0.408 e. The second-order valence-electron chi connectivity index (χ2n) is 6.51. The van der Waals surface area contributed by atoms with Crippen LogP contribution < -0.4 is 10.6 Å². The summed E-state index contributed by atoms with van der Waals surface area (Å²) in [6.45, 7) is 5.17. The number of nitrogens with zero attached hydrogens (tertiary/aromatic N) is 3. The van der Waals surface area contributed by atoms with Crippen molar-refractivity contribution in [1.82, 2.24) is 30.6 Å². The predicted molar refractivity (Wildman–Crippen MR) is 94.9 cm³/mol. The molecule has 7 nitrogen and oxygen atoms in total. The molecule has 0 aliphatic carbocycles. The Morgan fingerprint density at radius 1 is 1.37 bits per heavy atom. The number of hydrogen-bond donors (Lipinski definition) is 3. The van der Waals surface area contributed by atoms with Crippen LogP contribution in [0.5, 0.6) is 0 Å². The van der Waals surface area contributed by atoms with Gasteiger partial charge in [0.2, 0.25) is 0 Å². The first-order valence-corrected chi connectivity index (χ1v) is 8.35. The van der Waals surface area contributed by atoms with Crippen LogP contribution in [-0.2, 0) is 19.5 Å². The van der Waals surface area contributed by atoms with Gasteiger partial charge < -0.3 is 10.6 Å². The van der Waals surface area contributed by atoms with Crippen molar-refractivity contribution in [3.63, 3.8) is 0 Å². The molecule has 0 saturated carbocycles. The van der Waals surface area contributed by atoms with Gasteiger partial charge in [0, 0.05) is 42.0 Å². The van der Waals surface area contributed by atoms with E-state index in [1.165, 1.54) is 0 Å². The van der Waals surface area contributed by atoms with Gasteiger partial charge in [0.15, 0.2) is 5.69 Å². The Kier molecular flexibility index (Phi) is 6.21. The Labute approximate surface area is 160 Å². The molecule has 0 radical (unpaired) electrons. The van der Waals surface area contributed by atoms with Crippen LogP contribution >= 0.6 is 12.4 Å². The third-order valence-electron chi connectivity index (χ3n) is 4.57. The highest BCUT2D eigenvalue weighted by atomic mass is 35.5. The normalized spacial score (nSPS) is 15.0. The van der Waals surface area contributed by atoms with Gasteiger partial charge in [0.05, 0.1) is 11.7 Å². The highest BCUT2D eigenvalue weighted by molar-refractivity contribution is 5.94. The molecular formula is C16H22ClF3N6O. The van der Waals surface area contributed by atoms with Crippen molar-refractivity contribution >= 4 is 18.3 Å². The third kappa shape index (κ3) is 4.44. The molecule has 3 rings (SSSR count). The Morgan fingerprint density at radius 3 is 2.74 bits per heavy atom. The zero-order chi connectivity index (χ0) is 19.1. The van der Waals surface area contributed by atoms with Gasteiger partial charge in [-0.05, 0) is 20.8 Å². The molecule has 0 bridgehead atoms. The topological polar surface area (TPSA) is 87.6 Å². The fourth-order valence-corrected chi connectivity index (χ4v) is 3.41. The molecule has 150 valence electrons. The molecule has 1 amide bonds. The second-order valence-corrected chi connectivity index (χ2v) is 6.51. The standard InChI is InChI=1S/C16H21F3N6O.ClH/c1-8(13-9(2)24-25(10(13)3)7-16(17,18)19)21-15(26)14-11-6-20-5-4-12(11)22-23-14;/h8,20H,4-7H2,1-3H3,(H,21,26)(H,22,23);1H. The molecule has 2 aromatic rings. The Morgan fingerprint density at radius 2 is 2.07 bits per heavy atom. The Balaban J connectivity index is 0.00000261. The van der Waals surface area contributed by atoms with Gasteiger partial charge in [0.25, 0.3) is 5.91 Å². The van der Waals surface area contributed by atoms with Crippen LogP contribution in [0.1, 0.15) is 51.7 Å². The van der Waals surface area contributed by atoms with Crippen molar-refractivity contribution < 1.29 is 18.0 Å². The maximum absolute atomic E-state index is 12.7. The summed E-state index contributed by atoms with van der Waals surface area (Å²) in [6.07, 6.45) is -3.58. The summed E-state index contributed by atoms with van der Waals surface area (Å²) in [4.78, 5) is 12.6. The first-order chi connectivity index (χ1) is 12.2. The summed E-state index contributed by atoms with van der Waals surface area (Å²) in [5.74, 6) is -0.360. The van der Waals surface area contributed by atoms with Gasteiger partial charge in [-0.2, -0.15) is 23.4 Å². The number of halogens is 4. The number of carbonyl (C=O) groups is 1. The number of aromatic amines is 1. The van der Waals surface area contributed by atoms with Crippen LogP contribution in [-0.4, -0.2) is 38.6 Å². The molecule has 2 aromatic heterocycles. The molecule has 0 aromatic carbocycles. The lowest BCUT2D eigenvalue weighted by Crippen LogP contribution is -2.30. The summed E-state index contributed by atoms with van der Waals surface area (Å²) in [5, 5.41) is 17.0. The molecule has 11 heteroatoms. The number of rotatable bonds is 4. The average Bonchev–Trinajstić information content (AvgIpc) is 3.07. The van der Waals surface area contributed by atoms with E-state index in [0.717, 1.165) is 28.9 Å². The minimum Gasteiger partial charge on any atom is -0.344 e. The summed E-state index contributed by atoms with van der Waals surface area (Å²) in [5.41, 5.74) is 3.53. The van der Waals surface area contributed by atoms with Crippen LogP contribution in [0.4, 0.5) is 13.2 Å². The van der Waals surface area contributed by atoms with E-state index in [4.69, 9.17) is 0 Å². The van der Waals surface area contributed by atoms with Gasteiger partial charge in [-0.25, -0.2) is 0 Å². The summed E-state index contributed by atoms with van der Waals surface area (Å²) in [6, 6.07) is -0.492. The number of hydrogen-bond acceptors (Lipinski definition) is 4. The average molecular weight is 407 g/mol. The summed E-state index contributed by atoms with van der Waals surface area (Å²) >= 11 is 0. The van der Waals surface area contributed by atoms with Crippen LogP contribution in [0.25, 0.3) is 0 Å². The molecule has 1 aliphatic rings. The van der Waals surface area contributed by atoms with E-state index in [1.807, 2.05) is 0 Å². The minimum atomic E-state index is -4.35. The molecule has 1 unspecified atom stereocenters. The minimum absolute atomic E-state index is 0. The molecule has 27 heavy (non-hydrogen) atoms.